The molecule has 4 rings (SSSR count). The number of carbonyl (C=O) groups is 1. The van der Waals surface area contributed by atoms with Crippen LogP contribution < -0.4 is 5.32 Å². The number of nitrogens with zero attached hydrogens (tertiary/aromatic N) is 4. The van der Waals surface area contributed by atoms with Crippen molar-refractivity contribution >= 4 is 5.91 Å². The lowest BCUT2D eigenvalue weighted by molar-refractivity contribution is 0.0938. The van der Waals surface area contributed by atoms with Crippen molar-refractivity contribution in [1.29, 1.82) is 0 Å². The van der Waals surface area contributed by atoms with E-state index in [2.05, 4.69) is 39.3 Å². The lowest BCUT2D eigenvalue weighted by atomic mass is 9.63. The number of rotatable bonds is 6. The minimum absolute atomic E-state index is 0.0212. The number of halogens is 2. The van der Waals surface area contributed by atoms with Gasteiger partial charge in [0.1, 0.15) is 23.2 Å². The standard InChI is InChI=1S/C25H27F2N5O2/c1-5-15-14-13-19(20-16(26)7-6-8-17(20)27)31-32-21(14)25(4,24(15,2)3)23-29-10-9-18(30-23)22(34)28-11-12-33/h6-10,13,15,33H,5,11-12H2,1-4H3,(H,28,34)/t15-,25+/m0/s1. The average molecular weight is 468 g/mol. The number of aliphatic hydroxyl groups is 1. The summed E-state index contributed by atoms with van der Waals surface area (Å²) >= 11 is 0. The number of aromatic nitrogens is 4. The van der Waals surface area contributed by atoms with E-state index < -0.39 is 28.4 Å². The first-order valence-corrected chi connectivity index (χ1v) is 11.2. The van der Waals surface area contributed by atoms with E-state index in [9.17, 15) is 13.6 Å². The Morgan fingerprint density at radius 3 is 2.50 bits per heavy atom. The summed E-state index contributed by atoms with van der Waals surface area (Å²) in [5.41, 5.74) is 0.277. The van der Waals surface area contributed by atoms with Gasteiger partial charge in [0.25, 0.3) is 5.91 Å². The molecule has 0 bridgehead atoms. The van der Waals surface area contributed by atoms with Gasteiger partial charge in [0.15, 0.2) is 0 Å². The molecule has 7 nitrogen and oxygen atoms in total. The lowest BCUT2D eigenvalue weighted by Crippen LogP contribution is -2.41. The van der Waals surface area contributed by atoms with Crippen LogP contribution in [0.2, 0.25) is 0 Å². The van der Waals surface area contributed by atoms with Crippen molar-refractivity contribution in [3.8, 4) is 11.3 Å². The summed E-state index contributed by atoms with van der Waals surface area (Å²) in [7, 11) is 0. The minimum Gasteiger partial charge on any atom is -0.395 e. The van der Waals surface area contributed by atoms with Crippen LogP contribution in [0.15, 0.2) is 36.5 Å². The van der Waals surface area contributed by atoms with E-state index >= 15 is 0 Å². The van der Waals surface area contributed by atoms with Crippen molar-refractivity contribution in [1.82, 2.24) is 25.5 Å². The topological polar surface area (TPSA) is 101 Å². The van der Waals surface area contributed by atoms with Gasteiger partial charge in [-0.2, -0.15) is 5.10 Å². The third-order valence-corrected chi connectivity index (χ3v) is 7.19. The molecule has 0 unspecified atom stereocenters. The number of hydrogen-bond acceptors (Lipinski definition) is 6. The summed E-state index contributed by atoms with van der Waals surface area (Å²) in [6, 6.07) is 6.92. The summed E-state index contributed by atoms with van der Waals surface area (Å²) in [5.74, 6) is -1.43. The summed E-state index contributed by atoms with van der Waals surface area (Å²) in [4.78, 5) is 21.5. The molecule has 3 aromatic rings. The fraction of sp³-hybridized carbons (Fsp3) is 0.400. The SMILES string of the molecule is CC[C@H]1c2cc(-c3c(F)cccc3F)nnc2[C@](C)(c2nccc(C(=O)NCCO)n2)C1(C)C. The molecule has 0 aliphatic heterocycles. The number of fused-ring (bicyclic) bond motifs is 1. The summed E-state index contributed by atoms with van der Waals surface area (Å²) in [5, 5.41) is 20.3. The maximum absolute atomic E-state index is 14.5. The van der Waals surface area contributed by atoms with Crippen molar-refractivity contribution < 1.29 is 18.7 Å². The Morgan fingerprint density at radius 2 is 1.85 bits per heavy atom. The van der Waals surface area contributed by atoms with E-state index in [1.165, 1.54) is 30.5 Å². The van der Waals surface area contributed by atoms with Crippen LogP contribution in [0.3, 0.4) is 0 Å². The van der Waals surface area contributed by atoms with Gasteiger partial charge in [0.05, 0.1) is 29.0 Å². The van der Waals surface area contributed by atoms with E-state index in [1.807, 2.05) is 13.8 Å². The third kappa shape index (κ3) is 3.55. The Morgan fingerprint density at radius 1 is 1.15 bits per heavy atom. The Bertz CT molecular complexity index is 1230. The maximum Gasteiger partial charge on any atom is 0.270 e. The van der Waals surface area contributed by atoms with E-state index in [0.717, 1.165) is 12.0 Å². The number of amides is 1. The molecule has 34 heavy (non-hydrogen) atoms. The molecular formula is C25H27F2N5O2. The fourth-order valence-electron chi connectivity index (χ4n) is 5.08. The molecule has 1 aromatic carbocycles. The van der Waals surface area contributed by atoms with Gasteiger partial charge in [0, 0.05) is 12.7 Å². The molecule has 178 valence electrons. The van der Waals surface area contributed by atoms with Crippen LogP contribution in [0.4, 0.5) is 8.78 Å². The normalized spacial score (nSPS) is 20.7. The van der Waals surface area contributed by atoms with Gasteiger partial charge in [-0.05, 0) is 54.5 Å². The third-order valence-electron chi connectivity index (χ3n) is 7.19. The minimum atomic E-state index is -0.824. The molecule has 2 atom stereocenters. The van der Waals surface area contributed by atoms with Crippen molar-refractivity contribution in [2.75, 3.05) is 13.2 Å². The Balaban J connectivity index is 1.87. The van der Waals surface area contributed by atoms with Crippen LogP contribution in [0.1, 0.15) is 67.6 Å². The van der Waals surface area contributed by atoms with E-state index in [1.54, 1.807) is 6.07 Å². The van der Waals surface area contributed by atoms with E-state index in [0.29, 0.717) is 11.5 Å². The summed E-state index contributed by atoms with van der Waals surface area (Å²) < 4.78 is 28.9. The van der Waals surface area contributed by atoms with Crippen molar-refractivity contribution in [3.63, 3.8) is 0 Å². The molecule has 1 aliphatic carbocycles. The summed E-state index contributed by atoms with van der Waals surface area (Å²) in [6.07, 6.45) is 2.27. The van der Waals surface area contributed by atoms with Crippen LogP contribution in [0.5, 0.6) is 0 Å². The van der Waals surface area contributed by atoms with Gasteiger partial charge in [-0.15, -0.1) is 5.10 Å². The quantitative estimate of drug-likeness (QED) is 0.572. The number of aliphatic hydroxyl groups excluding tert-OH is 1. The van der Waals surface area contributed by atoms with Gasteiger partial charge < -0.3 is 10.4 Å². The molecule has 2 heterocycles. The van der Waals surface area contributed by atoms with Gasteiger partial charge in [-0.1, -0.05) is 26.8 Å². The highest BCUT2D eigenvalue weighted by molar-refractivity contribution is 5.92. The Kier molecular flexibility index (Phi) is 6.16. The molecule has 0 radical (unpaired) electrons. The molecule has 1 aliphatic rings. The zero-order chi connectivity index (χ0) is 24.7. The predicted octanol–water partition coefficient (Wildman–Crippen LogP) is 3.77. The molecule has 0 fully saturated rings. The second-order valence-electron chi connectivity index (χ2n) is 9.18. The molecule has 2 aromatic heterocycles. The van der Waals surface area contributed by atoms with Crippen molar-refractivity contribution in [3.05, 3.63) is 70.9 Å². The van der Waals surface area contributed by atoms with Crippen molar-refractivity contribution in [2.24, 2.45) is 5.41 Å². The number of carbonyl (C=O) groups excluding carboxylic acids is 1. The first-order chi connectivity index (χ1) is 16.2. The summed E-state index contributed by atoms with van der Waals surface area (Å²) in [6.45, 7) is 8.10. The Labute approximate surface area is 196 Å². The molecule has 0 saturated carbocycles. The van der Waals surface area contributed by atoms with Crippen LogP contribution in [0, 0.1) is 17.0 Å². The van der Waals surface area contributed by atoms with Gasteiger partial charge in [0.2, 0.25) is 0 Å². The van der Waals surface area contributed by atoms with Gasteiger partial charge >= 0.3 is 0 Å². The predicted molar refractivity (Wildman–Crippen MR) is 122 cm³/mol. The fourth-order valence-corrected chi connectivity index (χ4v) is 5.08. The molecule has 0 saturated heterocycles. The highest BCUT2D eigenvalue weighted by Crippen LogP contribution is 2.61. The van der Waals surface area contributed by atoms with E-state index in [4.69, 9.17) is 5.11 Å². The van der Waals surface area contributed by atoms with Gasteiger partial charge in [-0.25, -0.2) is 18.7 Å². The monoisotopic (exact) mass is 467 g/mol. The second kappa shape index (κ2) is 8.79. The van der Waals surface area contributed by atoms with Crippen molar-refractivity contribution in [2.45, 2.75) is 45.4 Å². The maximum atomic E-state index is 14.5. The zero-order valence-electron chi connectivity index (χ0n) is 19.6. The van der Waals surface area contributed by atoms with Crippen LogP contribution >= 0.6 is 0 Å². The second-order valence-corrected chi connectivity index (χ2v) is 9.18. The van der Waals surface area contributed by atoms with E-state index in [-0.39, 0.29) is 36.0 Å². The van der Waals surface area contributed by atoms with Crippen LogP contribution in [-0.2, 0) is 5.41 Å². The molecule has 0 spiro atoms. The largest absolute Gasteiger partial charge is 0.395 e. The lowest BCUT2D eigenvalue weighted by Gasteiger charge is -2.40. The first-order valence-electron chi connectivity index (χ1n) is 11.2. The molecule has 1 amide bonds. The van der Waals surface area contributed by atoms with Crippen LogP contribution in [0.25, 0.3) is 11.3 Å². The molecule has 9 heteroatoms. The molecule has 2 N–H and O–H groups in total. The number of hydrogen-bond donors (Lipinski definition) is 2. The first kappa shape index (κ1) is 23.8. The highest BCUT2D eigenvalue weighted by Gasteiger charge is 2.58. The number of nitrogens with one attached hydrogen (secondary N) is 1. The number of benzene rings is 1. The average Bonchev–Trinajstić information content (AvgIpc) is 2.99. The highest BCUT2D eigenvalue weighted by atomic mass is 19.1. The van der Waals surface area contributed by atoms with Crippen LogP contribution in [-0.4, -0.2) is 44.3 Å². The Hall–Kier alpha value is -3.33. The smallest absolute Gasteiger partial charge is 0.270 e. The zero-order valence-corrected chi connectivity index (χ0v) is 19.6. The van der Waals surface area contributed by atoms with Gasteiger partial charge in [-0.3, -0.25) is 4.79 Å². The molecular weight excluding hydrogens is 440 g/mol.